The molecule has 0 aliphatic heterocycles. The number of thiophene rings is 1. The van der Waals surface area contributed by atoms with Crippen LogP contribution in [0.15, 0.2) is 53.4 Å². The summed E-state index contributed by atoms with van der Waals surface area (Å²) in [5, 5.41) is 18.5. The summed E-state index contributed by atoms with van der Waals surface area (Å²) in [4.78, 5) is 13.4. The van der Waals surface area contributed by atoms with Crippen molar-refractivity contribution in [1.82, 2.24) is 0 Å². The van der Waals surface area contributed by atoms with E-state index in [9.17, 15) is 23.6 Å². The van der Waals surface area contributed by atoms with Gasteiger partial charge in [0.25, 0.3) is 0 Å². The van der Waals surface area contributed by atoms with Crippen LogP contribution in [0.1, 0.15) is 38.8 Å². The van der Waals surface area contributed by atoms with Crippen LogP contribution in [-0.4, -0.2) is 19.5 Å². The van der Waals surface area contributed by atoms with Gasteiger partial charge < -0.3 is 5.11 Å². The van der Waals surface area contributed by atoms with Crippen molar-refractivity contribution in [2.45, 2.75) is 30.9 Å². The van der Waals surface area contributed by atoms with Gasteiger partial charge in [-0.15, -0.1) is 11.3 Å². The number of rotatable bonds is 6. The van der Waals surface area contributed by atoms with Crippen LogP contribution >= 0.6 is 11.3 Å². The van der Waals surface area contributed by atoms with Crippen molar-refractivity contribution in [3.05, 3.63) is 75.7 Å². The molecular formula is C22H19NO4S2. The van der Waals surface area contributed by atoms with E-state index < -0.39 is 15.8 Å². The van der Waals surface area contributed by atoms with Crippen molar-refractivity contribution in [3.8, 4) is 16.5 Å². The molecular weight excluding hydrogens is 406 g/mol. The number of carbonyl (C=O) groups is 1. The highest BCUT2D eigenvalue weighted by Gasteiger charge is 2.23. The zero-order valence-electron chi connectivity index (χ0n) is 16.0. The Morgan fingerprint density at radius 1 is 1.10 bits per heavy atom. The van der Waals surface area contributed by atoms with Crippen molar-refractivity contribution in [1.29, 1.82) is 5.26 Å². The average Bonchev–Trinajstić information content (AvgIpc) is 3.13. The van der Waals surface area contributed by atoms with Gasteiger partial charge in [-0.25, -0.2) is 13.2 Å². The summed E-state index contributed by atoms with van der Waals surface area (Å²) in [5.41, 5.74) is 2.16. The summed E-state index contributed by atoms with van der Waals surface area (Å²) in [6, 6.07) is 15.2. The van der Waals surface area contributed by atoms with Crippen LogP contribution in [0.25, 0.3) is 10.4 Å². The monoisotopic (exact) mass is 425 g/mol. The van der Waals surface area contributed by atoms with Crippen molar-refractivity contribution >= 4 is 27.1 Å². The van der Waals surface area contributed by atoms with Crippen molar-refractivity contribution in [3.63, 3.8) is 0 Å². The highest BCUT2D eigenvalue weighted by molar-refractivity contribution is 7.90. The molecule has 3 aromatic rings. The van der Waals surface area contributed by atoms with Gasteiger partial charge in [0, 0.05) is 9.75 Å². The molecule has 0 radical (unpaired) electrons. The predicted molar refractivity (Wildman–Crippen MR) is 113 cm³/mol. The maximum atomic E-state index is 13.3. The van der Waals surface area contributed by atoms with Crippen LogP contribution in [0, 0.1) is 18.3 Å². The van der Waals surface area contributed by atoms with Gasteiger partial charge in [0.05, 0.1) is 27.8 Å². The SMILES string of the molecule is CCc1ccc(C(=O)O)cc1S(=O)(=O)Cc1cc(C#N)ccc1-c1ccc(C)s1. The molecule has 0 unspecified atom stereocenters. The van der Waals surface area contributed by atoms with Crippen molar-refractivity contribution < 1.29 is 18.3 Å². The number of sulfone groups is 1. The van der Waals surface area contributed by atoms with Gasteiger partial charge in [-0.2, -0.15) is 5.26 Å². The molecule has 1 aromatic heterocycles. The van der Waals surface area contributed by atoms with Gasteiger partial charge in [0.2, 0.25) is 0 Å². The molecule has 3 rings (SSSR count). The van der Waals surface area contributed by atoms with Crippen LogP contribution in [0.5, 0.6) is 0 Å². The molecule has 0 atom stereocenters. The zero-order chi connectivity index (χ0) is 21.2. The molecule has 0 saturated carbocycles. The number of hydrogen-bond acceptors (Lipinski definition) is 5. The zero-order valence-corrected chi connectivity index (χ0v) is 17.6. The number of carboxylic acids is 1. The fraction of sp³-hybridized carbons (Fsp3) is 0.182. The number of hydrogen-bond donors (Lipinski definition) is 1. The quantitative estimate of drug-likeness (QED) is 0.610. The highest BCUT2D eigenvalue weighted by atomic mass is 32.2. The molecule has 0 spiro atoms. The van der Waals surface area contributed by atoms with Crippen LogP contribution in [-0.2, 0) is 22.0 Å². The summed E-state index contributed by atoms with van der Waals surface area (Å²) in [5.74, 6) is -1.49. The molecule has 0 aliphatic carbocycles. The Morgan fingerprint density at radius 3 is 2.45 bits per heavy atom. The van der Waals surface area contributed by atoms with E-state index in [0.717, 1.165) is 15.3 Å². The molecule has 5 nitrogen and oxygen atoms in total. The fourth-order valence-corrected chi connectivity index (χ4v) is 5.80. The Balaban J connectivity index is 2.13. The summed E-state index contributed by atoms with van der Waals surface area (Å²) < 4.78 is 26.5. The number of carboxylic acid groups (broad SMARTS) is 1. The lowest BCUT2D eigenvalue weighted by atomic mass is 10.0. The minimum Gasteiger partial charge on any atom is -0.478 e. The Hall–Kier alpha value is -2.95. The van der Waals surface area contributed by atoms with Gasteiger partial charge in [0.1, 0.15) is 0 Å². The van der Waals surface area contributed by atoms with Gasteiger partial charge in [0.15, 0.2) is 9.84 Å². The lowest BCUT2D eigenvalue weighted by molar-refractivity contribution is 0.0696. The average molecular weight is 426 g/mol. The van der Waals surface area contributed by atoms with E-state index in [1.807, 2.05) is 26.0 Å². The molecule has 0 bridgehead atoms. The minimum atomic E-state index is -3.83. The van der Waals surface area contributed by atoms with Gasteiger partial charge >= 0.3 is 5.97 Å². The van der Waals surface area contributed by atoms with Crippen LogP contribution in [0.3, 0.4) is 0 Å². The Labute approximate surface area is 173 Å². The smallest absolute Gasteiger partial charge is 0.335 e. The summed E-state index contributed by atoms with van der Waals surface area (Å²) in [6.07, 6.45) is 0.462. The van der Waals surface area contributed by atoms with E-state index in [1.54, 1.807) is 35.6 Å². The fourth-order valence-electron chi connectivity index (χ4n) is 3.15. The summed E-state index contributed by atoms with van der Waals surface area (Å²) in [6.45, 7) is 3.80. The maximum Gasteiger partial charge on any atom is 0.335 e. The number of aromatic carboxylic acids is 1. The lowest BCUT2D eigenvalue weighted by Crippen LogP contribution is -2.11. The number of aryl methyl sites for hydroxylation is 2. The number of nitriles is 1. The van der Waals surface area contributed by atoms with Crippen LogP contribution in [0.2, 0.25) is 0 Å². The molecule has 0 amide bonds. The lowest BCUT2D eigenvalue weighted by Gasteiger charge is -2.13. The van der Waals surface area contributed by atoms with Crippen molar-refractivity contribution in [2.24, 2.45) is 0 Å². The normalized spacial score (nSPS) is 11.2. The molecule has 0 saturated heterocycles. The Kier molecular flexibility index (Phi) is 5.87. The third kappa shape index (κ3) is 4.39. The topological polar surface area (TPSA) is 95.2 Å². The minimum absolute atomic E-state index is 0.0237. The molecule has 1 heterocycles. The molecule has 0 fully saturated rings. The summed E-state index contributed by atoms with van der Waals surface area (Å²) in [7, 11) is -3.83. The molecule has 29 heavy (non-hydrogen) atoms. The second-order valence-electron chi connectivity index (χ2n) is 6.63. The first kappa shape index (κ1) is 20.8. The number of nitrogens with zero attached hydrogens (tertiary/aromatic N) is 1. The van der Waals surface area contributed by atoms with E-state index >= 15 is 0 Å². The van der Waals surface area contributed by atoms with E-state index in [4.69, 9.17) is 0 Å². The first-order chi connectivity index (χ1) is 13.7. The van der Waals surface area contributed by atoms with Crippen LogP contribution in [0.4, 0.5) is 0 Å². The Morgan fingerprint density at radius 2 is 1.86 bits per heavy atom. The Bertz CT molecular complexity index is 1230. The molecule has 7 heteroatoms. The second kappa shape index (κ2) is 8.19. The molecule has 0 aliphatic rings. The highest BCUT2D eigenvalue weighted by Crippen LogP contribution is 2.33. The molecule has 2 aromatic carbocycles. The largest absolute Gasteiger partial charge is 0.478 e. The molecule has 148 valence electrons. The molecule has 1 N–H and O–H groups in total. The third-order valence-corrected chi connectivity index (χ3v) is 7.39. The maximum absolute atomic E-state index is 13.3. The van der Waals surface area contributed by atoms with Gasteiger partial charge in [-0.1, -0.05) is 19.1 Å². The van der Waals surface area contributed by atoms with Gasteiger partial charge in [-0.3, -0.25) is 0 Å². The first-order valence-corrected chi connectivity index (χ1v) is 11.4. The van der Waals surface area contributed by atoms with Crippen LogP contribution < -0.4 is 0 Å². The first-order valence-electron chi connectivity index (χ1n) is 8.94. The van der Waals surface area contributed by atoms with E-state index in [-0.39, 0.29) is 16.2 Å². The summed E-state index contributed by atoms with van der Waals surface area (Å²) >= 11 is 1.55. The van der Waals surface area contributed by atoms with E-state index in [1.165, 1.54) is 12.1 Å². The third-order valence-electron chi connectivity index (χ3n) is 4.62. The van der Waals surface area contributed by atoms with Crippen molar-refractivity contribution in [2.75, 3.05) is 0 Å². The second-order valence-corrected chi connectivity index (χ2v) is 9.88. The van der Waals surface area contributed by atoms with Gasteiger partial charge in [-0.05, 0) is 66.4 Å². The standard InChI is InChI=1S/C22H19NO4S2/c1-3-16-6-7-17(22(24)25)11-21(16)29(26,27)13-18-10-15(12-23)5-8-19(18)20-9-4-14(2)28-20/h4-11H,3,13H2,1-2H3,(H,24,25). The number of benzene rings is 2. The van der Waals surface area contributed by atoms with E-state index in [2.05, 4.69) is 6.07 Å². The predicted octanol–water partition coefficient (Wildman–Crippen LogP) is 4.83. The van der Waals surface area contributed by atoms with E-state index in [0.29, 0.717) is 23.1 Å².